The van der Waals surface area contributed by atoms with Gasteiger partial charge in [-0.3, -0.25) is 4.90 Å². The minimum atomic E-state index is 0.422. The number of nitrogens with zero attached hydrogens (tertiary/aromatic N) is 1. The molecule has 1 saturated heterocycles. The predicted molar refractivity (Wildman–Crippen MR) is 72.8 cm³/mol. The van der Waals surface area contributed by atoms with Crippen molar-refractivity contribution in [3.8, 4) is 0 Å². The van der Waals surface area contributed by atoms with Crippen molar-refractivity contribution >= 4 is 0 Å². The van der Waals surface area contributed by atoms with Gasteiger partial charge in [-0.15, -0.1) is 0 Å². The number of likely N-dealkylation sites (tertiary alicyclic amines) is 1. The van der Waals surface area contributed by atoms with Gasteiger partial charge in [0.1, 0.15) is 0 Å². The van der Waals surface area contributed by atoms with Crippen LogP contribution in [0.3, 0.4) is 0 Å². The second kappa shape index (κ2) is 5.53. The molecule has 1 aliphatic rings. The second-order valence-electron chi connectivity index (χ2n) is 6.92. The molecule has 0 unspecified atom stereocenters. The Hall–Kier alpha value is -0.0400. The summed E-state index contributed by atoms with van der Waals surface area (Å²) in [6, 6.07) is 0. The molecule has 0 bridgehead atoms. The normalized spacial score (nSPS) is 22.3. The maximum Gasteiger partial charge on any atom is 0.0153 e. The molecule has 16 heavy (non-hydrogen) atoms. The summed E-state index contributed by atoms with van der Waals surface area (Å²) in [5.74, 6) is 0. The second-order valence-corrected chi connectivity index (χ2v) is 6.92. The quantitative estimate of drug-likeness (QED) is 0.624. The number of rotatable bonds is 5. The first kappa shape index (κ1) is 14.0. The summed E-state index contributed by atoms with van der Waals surface area (Å²) in [4.78, 5) is 2.72. The van der Waals surface area contributed by atoms with E-state index in [0.29, 0.717) is 11.0 Å². The van der Waals surface area contributed by atoms with Gasteiger partial charge in [-0.2, -0.15) is 0 Å². The molecule has 96 valence electrons. The third-order valence-electron chi connectivity index (χ3n) is 4.37. The first-order chi connectivity index (χ1) is 7.37. The maximum absolute atomic E-state index is 2.72. The van der Waals surface area contributed by atoms with Crippen LogP contribution in [0.15, 0.2) is 0 Å². The Labute approximate surface area is 103 Å². The Morgan fingerprint density at radius 3 is 2.12 bits per heavy atom. The highest BCUT2D eigenvalue weighted by atomic mass is 15.2. The van der Waals surface area contributed by atoms with E-state index in [1.54, 1.807) is 0 Å². The van der Waals surface area contributed by atoms with E-state index in [4.69, 9.17) is 0 Å². The van der Waals surface area contributed by atoms with Crippen LogP contribution in [0.5, 0.6) is 0 Å². The van der Waals surface area contributed by atoms with Crippen LogP contribution in [-0.4, -0.2) is 23.5 Å². The highest BCUT2D eigenvalue weighted by Gasteiger charge is 2.32. The van der Waals surface area contributed by atoms with Gasteiger partial charge in [-0.05, 0) is 51.6 Å². The van der Waals surface area contributed by atoms with Crippen molar-refractivity contribution in [2.75, 3.05) is 13.1 Å². The van der Waals surface area contributed by atoms with E-state index in [1.165, 1.54) is 51.6 Å². The molecule has 1 fully saturated rings. The molecule has 0 N–H and O–H groups in total. The van der Waals surface area contributed by atoms with Gasteiger partial charge in [-0.1, -0.05) is 40.0 Å². The molecule has 0 atom stereocenters. The zero-order valence-electron chi connectivity index (χ0n) is 12.1. The number of hydrogen-bond acceptors (Lipinski definition) is 1. The zero-order chi connectivity index (χ0) is 12.2. The monoisotopic (exact) mass is 225 g/mol. The lowest BCUT2D eigenvalue weighted by molar-refractivity contribution is 0.0423. The van der Waals surface area contributed by atoms with Gasteiger partial charge in [0.2, 0.25) is 0 Å². The summed E-state index contributed by atoms with van der Waals surface area (Å²) in [7, 11) is 0. The number of hydrogen-bond donors (Lipinski definition) is 0. The van der Waals surface area contributed by atoms with E-state index < -0.39 is 0 Å². The molecule has 0 aromatic carbocycles. The SMILES string of the molecule is CCCCCC(C)(C)N1CCC(C)(C)CC1. The first-order valence-electron chi connectivity index (χ1n) is 7.12. The fourth-order valence-corrected chi connectivity index (χ4v) is 2.68. The minimum Gasteiger partial charge on any atom is -0.298 e. The average molecular weight is 225 g/mol. The summed E-state index contributed by atoms with van der Waals surface area (Å²) in [6.45, 7) is 14.6. The fourth-order valence-electron chi connectivity index (χ4n) is 2.68. The van der Waals surface area contributed by atoms with E-state index in [1.807, 2.05) is 0 Å². The third-order valence-corrected chi connectivity index (χ3v) is 4.37. The van der Waals surface area contributed by atoms with Crippen LogP contribution < -0.4 is 0 Å². The van der Waals surface area contributed by atoms with Crippen LogP contribution in [0.4, 0.5) is 0 Å². The topological polar surface area (TPSA) is 3.24 Å². The van der Waals surface area contributed by atoms with Gasteiger partial charge in [0.25, 0.3) is 0 Å². The predicted octanol–water partition coefficient (Wildman–Crippen LogP) is 4.47. The lowest BCUT2D eigenvalue weighted by Gasteiger charge is -2.45. The highest BCUT2D eigenvalue weighted by molar-refractivity contribution is 4.87. The van der Waals surface area contributed by atoms with Gasteiger partial charge >= 0.3 is 0 Å². The van der Waals surface area contributed by atoms with Crippen molar-refractivity contribution < 1.29 is 0 Å². The Bertz CT molecular complexity index is 195. The molecule has 1 rings (SSSR count). The maximum atomic E-state index is 2.72. The van der Waals surface area contributed by atoms with Gasteiger partial charge in [0, 0.05) is 5.54 Å². The summed E-state index contributed by atoms with van der Waals surface area (Å²) in [6.07, 6.45) is 8.21. The molecular weight excluding hydrogens is 194 g/mol. The van der Waals surface area contributed by atoms with Gasteiger partial charge in [0.05, 0.1) is 0 Å². The summed E-state index contributed by atoms with van der Waals surface area (Å²) >= 11 is 0. The van der Waals surface area contributed by atoms with Crippen molar-refractivity contribution in [2.24, 2.45) is 5.41 Å². The fraction of sp³-hybridized carbons (Fsp3) is 1.00. The van der Waals surface area contributed by atoms with Crippen molar-refractivity contribution in [2.45, 2.75) is 78.7 Å². The standard InChI is InChI=1S/C15H31N/c1-6-7-8-9-15(4,5)16-12-10-14(2,3)11-13-16/h6-13H2,1-5H3. The summed E-state index contributed by atoms with van der Waals surface area (Å²) < 4.78 is 0. The molecule has 0 aromatic rings. The molecule has 0 aromatic heterocycles. The highest BCUT2D eigenvalue weighted by Crippen LogP contribution is 2.34. The molecule has 0 saturated carbocycles. The number of unbranched alkanes of at least 4 members (excludes halogenated alkanes) is 2. The van der Waals surface area contributed by atoms with Crippen molar-refractivity contribution in [1.29, 1.82) is 0 Å². The van der Waals surface area contributed by atoms with Gasteiger partial charge < -0.3 is 0 Å². The van der Waals surface area contributed by atoms with E-state index in [9.17, 15) is 0 Å². The molecule has 1 nitrogen and oxygen atoms in total. The lowest BCUT2D eigenvalue weighted by atomic mass is 9.80. The number of piperidine rings is 1. The molecule has 1 aliphatic heterocycles. The van der Waals surface area contributed by atoms with Crippen molar-refractivity contribution in [1.82, 2.24) is 4.90 Å². The molecule has 1 heteroatoms. The molecule has 0 radical (unpaired) electrons. The Morgan fingerprint density at radius 2 is 1.62 bits per heavy atom. The molecule has 0 aliphatic carbocycles. The third kappa shape index (κ3) is 4.08. The Balaban J connectivity index is 2.38. The van der Waals surface area contributed by atoms with Gasteiger partial charge in [0.15, 0.2) is 0 Å². The molecule has 1 heterocycles. The lowest BCUT2D eigenvalue weighted by Crippen LogP contribution is -2.49. The molecule has 0 spiro atoms. The van der Waals surface area contributed by atoms with E-state index in [2.05, 4.69) is 39.5 Å². The first-order valence-corrected chi connectivity index (χ1v) is 7.12. The van der Waals surface area contributed by atoms with Crippen LogP contribution in [-0.2, 0) is 0 Å². The molecular formula is C15H31N. The van der Waals surface area contributed by atoms with Crippen LogP contribution in [0, 0.1) is 5.41 Å². The van der Waals surface area contributed by atoms with Crippen LogP contribution in [0.2, 0.25) is 0 Å². The Kier molecular flexibility index (Phi) is 4.85. The van der Waals surface area contributed by atoms with Gasteiger partial charge in [-0.25, -0.2) is 0 Å². The minimum absolute atomic E-state index is 0.422. The van der Waals surface area contributed by atoms with Crippen LogP contribution in [0.25, 0.3) is 0 Å². The summed E-state index contributed by atoms with van der Waals surface area (Å²) in [5, 5.41) is 0. The van der Waals surface area contributed by atoms with Crippen molar-refractivity contribution in [3.63, 3.8) is 0 Å². The zero-order valence-corrected chi connectivity index (χ0v) is 12.1. The smallest absolute Gasteiger partial charge is 0.0153 e. The Morgan fingerprint density at radius 1 is 1.06 bits per heavy atom. The average Bonchev–Trinajstić information content (AvgIpc) is 2.17. The van der Waals surface area contributed by atoms with E-state index in [-0.39, 0.29) is 0 Å². The molecule has 0 amide bonds. The van der Waals surface area contributed by atoms with Crippen molar-refractivity contribution in [3.05, 3.63) is 0 Å². The van der Waals surface area contributed by atoms with E-state index >= 15 is 0 Å². The largest absolute Gasteiger partial charge is 0.298 e. The van der Waals surface area contributed by atoms with E-state index in [0.717, 1.165) is 0 Å². The van der Waals surface area contributed by atoms with Crippen LogP contribution >= 0.6 is 0 Å². The summed E-state index contributed by atoms with van der Waals surface area (Å²) in [5.41, 5.74) is 1.00. The van der Waals surface area contributed by atoms with Crippen LogP contribution in [0.1, 0.15) is 73.1 Å².